The minimum atomic E-state index is -1.12. The molecular weight excluding hydrogens is 411 g/mol. The lowest BCUT2D eigenvalue weighted by Gasteiger charge is -2.28. The van der Waals surface area contributed by atoms with Crippen LogP contribution in [0.1, 0.15) is 26.3 Å². The zero-order valence-corrected chi connectivity index (χ0v) is 17.5. The Morgan fingerprint density at radius 1 is 1.00 bits per heavy atom. The number of halogens is 3. The van der Waals surface area contributed by atoms with Gasteiger partial charge in [-0.2, -0.15) is 0 Å². The predicted molar refractivity (Wildman–Crippen MR) is 109 cm³/mol. The highest BCUT2D eigenvalue weighted by molar-refractivity contribution is 5.96. The number of anilines is 1. The average molecular weight is 433 g/mol. The Bertz CT molecular complexity index is 1050. The first-order valence-corrected chi connectivity index (χ1v) is 9.39. The molecule has 0 aromatic heterocycles. The van der Waals surface area contributed by atoms with Crippen LogP contribution >= 0.6 is 0 Å². The van der Waals surface area contributed by atoms with Crippen molar-refractivity contribution in [2.24, 2.45) is 5.41 Å². The van der Waals surface area contributed by atoms with Gasteiger partial charge in [0.25, 0.3) is 0 Å². The van der Waals surface area contributed by atoms with Crippen molar-refractivity contribution >= 4 is 11.6 Å². The number of ether oxygens (including phenoxy) is 3. The second kappa shape index (κ2) is 8.47. The zero-order chi connectivity index (χ0) is 22.8. The van der Waals surface area contributed by atoms with E-state index in [1.54, 1.807) is 32.9 Å². The molecule has 0 bridgehead atoms. The number of carbonyl (C=O) groups is 1. The summed E-state index contributed by atoms with van der Waals surface area (Å²) in [6.45, 7) is 4.92. The van der Waals surface area contributed by atoms with Crippen molar-refractivity contribution in [3.63, 3.8) is 0 Å². The van der Waals surface area contributed by atoms with Crippen molar-refractivity contribution in [2.45, 2.75) is 26.4 Å². The molecule has 2 aromatic rings. The smallest absolute Gasteiger partial charge is 0.229 e. The van der Waals surface area contributed by atoms with Crippen LogP contribution in [0, 0.1) is 22.9 Å². The summed E-state index contributed by atoms with van der Waals surface area (Å²) < 4.78 is 58.9. The van der Waals surface area contributed by atoms with E-state index in [0.29, 0.717) is 11.6 Å². The SMILES string of the molecule is COC1(c2cc(F)cc(Oc3cc(F)cc(F)c3NC(=O)C(C)(C)C)c2)C=COC=C1. The third kappa shape index (κ3) is 4.91. The van der Waals surface area contributed by atoms with Gasteiger partial charge >= 0.3 is 0 Å². The quantitative estimate of drug-likeness (QED) is 0.650. The van der Waals surface area contributed by atoms with Gasteiger partial charge in [-0.25, -0.2) is 13.2 Å². The highest BCUT2D eigenvalue weighted by atomic mass is 19.1. The summed E-state index contributed by atoms with van der Waals surface area (Å²) in [7, 11) is 1.44. The molecule has 1 amide bonds. The Hall–Kier alpha value is -3.26. The molecule has 0 saturated heterocycles. The van der Waals surface area contributed by atoms with E-state index in [4.69, 9.17) is 14.2 Å². The van der Waals surface area contributed by atoms with Crippen molar-refractivity contribution in [3.05, 3.63) is 78.0 Å². The normalized spacial score (nSPS) is 14.8. The van der Waals surface area contributed by atoms with Gasteiger partial charge < -0.3 is 19.5 Å². The molecule has 0 atom stereocenters. The molecule has 8 heteroatoms. The predicted octanol–water partition coefficient (Wildman–Crippen LogP) is 5.78. The molecule has 5 nitrogen and oxygen atoms in total. The minimum absolute atomic E-state index is 0.0454. The zero-order valence-electron chi connectivity index (χ0n) is 17.5. The molecule has 0 spiro atoms. The minimum Gasteiger partial charge on any atom is -0.473 e. The standard InChI is InChI=1S/C23H22F3NO4/c1-22(2,3)21(28)27-20-18(26)12-16(25)13-19(20)31-17-10-14(9-15(24)11-17)23(29-4)5-7-30-8-6-23/h5-13H,1-4H3,(H,27,28). The molecule has 0 aliphatic carbocycles. The van der Waals surface area contributed by atoms with E-state index in [1.165, 1.54) is 31.8 Å². The first kappa shape index (κ1) is 22.4. The third-order valence-electron chi connectivity index (χ3n) is 4.62. The maximum absolute atomic E-state index is 14.5. The van der Waals surface area contributed by atoms with Crippen molar-refractivity contribution in [2.75, 3.05) is 12.4 Å². The van der Waals surface area contributed by atoms with Gasteiger partial charge in [-0.15, -0.1) is 0 Å². The fraction of sp³-hybridized carbons (Fsp3) is 0.261. The number of methoxy groups -OCH3 is 1. The van der Waals surface area contributed by atoms with Crippen LogP contribution in [0.2, 0.25) is 0 Å². The largest absolute Gasteiger partial charge is 0.473 e. The molecule has 0 radical (unpaired) electrons. The molecule has 0 saturated carbocycles. The first-order valence-electron chi connectivity index (χ1n) is 9.39. The van der Waals surface area contributed by atoms with Crippen LogP contribution < -0.4 is 10.1 Å². The maximum Gasteiger partial charge on any atom is 0.229 e. The number of nitrogens with one attached hydrogen (secondary N) is 1. The van der Waals surface area contributed by atoms with E-state index < -0.39 is 34.4 Å². The van der Waals surface area contributed by atoms with Crippen molar-refractivity contribution in [1.82, 2.24) is 0 Å². The van der Waals surface area contributed by atoms with Crippen LogP contribution in [0.3, 0.4) is 0 Å². The summed E-state index contributed by atoms with van der Waals surface area (Å²) in [6, 6.07) is 5.29. The number of hydrogen-bond donors (Lipinski definition) is 1. The molecule has 164 valence electrons. The van der Waals surface area contributed by atoms with Gasteiger partial charge in [-0.05, 0) is 29.8 Å². The monoisotopic (exact) mass is 433 g/mol. The molecule has 2 aromatic carbocycles. The van der Waals surface area contributed by atoms with E-state index in [1.807, 2.05) is 0 Å². The lowest BCUT2D eigenvalue weighted by molar-refractivity contribution is -0.123. The van der Waals surface area contributed by atoms with E-state index in [9.17, 15) is 18.0 Å². The Morgan fingerprint density at radius 2 is 1.65 bits per heavy atom. The Balaban J connectivity index is 2.02. The van der Waals surface area contributed by atoms with Crippen LogP contribution in [-0.4, -0.2) is 13.0 Å². The molecule has 1 aliphatic heterocycles. The number of benzene rings is 2. The van der Waals surface area contributed by atoms with Gasteiger partial charge in [0.2, 0.25) is 5.91 Å². The Labute approximate surface area is 178 Å². The molecule has 0 unspecified atom stereocenters. The van der Waals surface area contributed by atoms with Crippen LogP contribution in [0.25, 0.3) is 0 Å². The van der Waals surface area contributed by atoms with E-state index >= 15 is 0 Å². The van der Waals surface area contributed by atoms with E-state index in [0.717, 1.165) is 12.1 Å². The van der Waals surface area contributed by atoms with Gasteiger partial charge in [-0.3, -0.25) is 4.79 Å². The molecule has 1 N–H and O–H groups in total. The fourth-order valence-corrected chi connectivity index (χ4v) is 2.86. The molecular formula is C23H22F3NO4. The summed E-state index contributed by atoms with van der Waals surface area (Å²) in [5.74, 6) is -3.45. The maximum atomic E-state index is 14.5. The number of rotatable bonds is 5. The van der Waals surface area contributed by atoms with Gasteiger partial charge in [-0.1, -0.05) is 20.8 Å². The van der Waals surface area contributed by atoms with Crippen LogP contribution in [-0.2, 0) is 19.9 Å². The number of hydrogen-bond acceptors (Lipinski definition) is 4. The fourth-order valence-electron chi connectivity index (χ4n) is 2.86. The molecule has 1 aliphatic rings. The lowest BCUT2D eigenvalue weighted by Crippen LogP contribution is -2.28. The van der Waals surface area contributed by atoms with E-state index in [-0.39, 0.29) is 17.2 Å². The number of amides is 1. The van der Waals surface area contributed by atoms with Gasteiger partial charge in [0.15, 0.2) is 11.6 Å². The van der Waals surface area contributed by atoms with Crippen molar-refractivity contribution in [3.8, 4) is 11.5 Å². The van der Waals surface area contributed by atoms with Crippen LogP contribution in [0.15, 0.2) is 55.0 Å². The second-order valence-corrected chi connectivity index (χ2v) is 7.98. The van der Waals surface area contributed by atoms with E-state index in [2.05, 4.69) is 5.32 Å². The Morgan fingerprint density at radius 3 is 2.26 bits per heavy atom. The lowest BCUT2D eigenvalue weighted by atomic mass is 9.92. The summed E-state index contributed by atoms with van der Waals surface area (Å²) >= 11 is 0. The molecule has 1 heterocycles. The summed E-state index contributed by atoms with van der Waals surface area (Å²) in [5.41, 5.74) is -1.94. The topological polar surface area (TPSA) is 56.8 Å². The molecule has 0 fully saturated rings. The third-order valence-corrected chi connectivity index (χ3v) is 4.62. The van der Waals surface area contributed by atoms with Crippen molar-refractivity contribution < 1.29 is 32.2 Å². The van der Waals surface area contributed by atoms with Gasteiger partial charge in [0.1, 0.15) is 28.7 Å². The number of carbonyl (C=O) groups excluding carboxylic acids is 1. The molecule has 31 heavy (non-hydrogen) atoms. The summed E-state index contributed by atoms with van der Waals surface area (Å²) in [5, 5.41) is 2.41. The second-order valence-electron chi connectivity index (χ2n) is 7.98. The highest BCUT2D eigenvalue weighted by Crippen LogP contribution is 2.38. The Kier molecular flexibility index (Phi) is 6.13. The summed E-state index contributed by atoms with van der Waals surface area (Å²) in [4.78, 5) is 12.3. The molecule has 3 rings (SSSR count). The highest BCUT2D eigenvalue weighted by Gasteiger charge is 2.30. The first-order chi connectivity index (χ1) is 14.5. The van der Waals surface area contributed by atoms with Crippen LogP contribution in [0.4, 0.5) is 18.9 Å². The summed E-state index contributed by atoms with van der Waals surface area (Å²) in [6.07, 6.45) is 5.92. The average Bonchev–Trinajstić information content (AvgIpc) is 2.69. The van der Waals surface area contributed by atoms with Crippen molar-refractivity contribution in [1.29, 1.82) is 0 Å². The van der Waals surface area contributed by atoms with Gasteiger partial charge in [0, 0.05) is 30.7 Å². The van der Waals surface area contributed by atoms with Crippen LogP contribution in [0.5, 0.6) is 11.5 Å². The van der Waals surface area contributed by atoms with Gasteiger partial charge in [0.05, 0.1) is 12.5 Å².